The van der Waals surface area contributed by atoms with Crippen LogP contribution in [0.15, 0.2) is 17.2 Å². The van der Waals surface area contributed by atoms with Crippen LogP contribution in [0, 0.1) is 26.2 Å². The first-order valence-corrected chi connectivity index (χ1v) is 9.24. The fourth-order valence-corrected chi connectivity index (χ4v) is 3.62. The van der Waals surface area contributed by atoms with E-state index in [0.29, 0.717) is 5.92 Å². The zero-order valence-electron chi connectivity index (χ0n) is 16.4. The molecule has 1 aromatic rings. The van der Waals surface area contributed by atoms with Gasteiger partial charge in [0, 0.05) is 24.2 Å². The summed E-state index contributed by atoms with van der Waals surface area (Å²) in [6.07, 6.45) is 7.05. The van der Waals surface area contributed by atoms with E-state index in [-0.39, 0.29) is 0 Å². The smallest absolute Gasteiger partial charge is 0.135 e. The third kappa shape index (κ3) is 3.88. The molecule has 1 unspecified atom stereocenters. The van der Waals surface area contributed by atoms with Crippen molar-refractivity contribution < 1.29 is 0 Å². The largest absolute Gasteiger partial charge is 0.357 e. The fraction of sp³-hybridized carbons (Fsp3) is 0.571. The van der Waals surface area contributed by atoms with Gasteiger partial charge in [-0.25, -0.2) is 9.97 Å². The van der Waals surface area contributed by atoms with E-state index in [4.69, 9.17) is 9.97 Å². The molecule has 0 fully saturated rings. The number of aryl methyl sites for hydroxylation is 1. The lowest BCUT2D eigenvalue weighted by Crippen LogP contribution is -2.27. The molecule has 0 aliphatic heterocycles. The third-order valence-corrected chi connectivity index (χ3v) is 4.75. The number of allylic oxidation sites excluding steroid dienone is 4. The molecule has 3 nitrogen and oxygen atoms in total. The molecule has 0 saturated carbocycles. The zero-order valence-corrected chi connectivity index (χ0v) is 16.4. The van der Waals surface area contributed by atoms with Crippen LogP contribution in [-0.2, 0) is 0 Å². The topological polar surface area (TPSA) is 29.0 Å². The predicted molar refractivity (Wildman–Crippen MR) is 104 cm³/mol. The van der Waals surface area contributed by atoms with E-state index in [0.717, 1.165) is 30.4 Å². The van der Waals surface area contributed by atoms with Crippen LogP contribution < -0.4 is 4.90 Å². The molecule has 131 valence electrons. The van der Waals surface area contributed by atoms with Crippen molar-refractivity contribution in [1.82, 2.24) is 9.97 Å². The van der Waals surface area contributed by atoms with Gasteiger partial charge in [-0.15, -0.1) is 0 Å². The molecule has 1 aliphatic carbocycles. The van der Waals surface area contributed by atoms with Crippen molar-refractivity contribution in [2.45, 2.75) is 61.3 Å². The first-order chi connectivity index (χ1) is 11.4. The van der Waals surface area contributed by atoms with E-state index in [1.54, 1.807) is 0 Å². The van der Waals surface area contributed by atoms with E-state index >= 15 is 0 Å². The van der Waals surface area contributed by atoms with Crippen LogP contribution in [0.5, 0.6) is 0 Å². The van der Waals surface area contributed by atoms with Gasteiger partial charge in [-0.3, -0.25) is 0 Å². The Kier molecular flexibility index (Phi) is 6.20. The summed E-state index contributed by atoms with van der Waals surface area (Å²) in [5, 5.41) is 0. The Hall–Kier alpha value is -1.64. The number of aromatic nitrogens is 2. The molecule has 0 saturated heterocycles. The number of rotatable bonds is 6. The SMILES string of the molecule is CCCCN(CC)c1nc(C)nc(C2=C(C)[CH]C(C)C=C2C)c1C. The molecule has 0 aromatic carbocycles. The first-order valence-electron chi connectivity index (χ1n) is 9.24. The van der Waals surface area contributed by atoms with Gasteiger partial charge >= 0.3 is 0 Å². The van der Waals surface area contributed by atoms with Crippen LogP contribution in [0.1, 0.15) is 64.5 Å². The van der Waals surface area contributed by atoms with Gasteiger partial charge < -0.3 is 4.90 Å². The van der Waals surface area contributed by atoms with Gasteiger partial charge in [-0.2, -0.15) is 0 Å². The highest BCUT2D eigenvalue weighted by molar-refractivity contribution is 5.84. The summed E-state index contributed by atoms with van der Waals surface area (Å²) in [5.41, 5.74) is 6.23. The Labute approximate surface area is 147 Å². The third-order valence-electron chi connectivity index (χ3n) is 4.75. The summed E-state index contributed by atoms with van der Waals surface area (Å²) in [6, 6.07) is 0. The lowest BCUT2D eigenvalue weighted by molar-refractivity contribution is 0.718. The predicted octanol–water partition coefficient (Wildman–Crippen LogP) is 5.29. The van der Waals surface area contributed by atoms with Crippen molar-refractivity contribution in [2.75, 3.05) is 18.0 Å². The van der Waals surface area contributed by atoms with E-state index in [1.807, 2.05) is 6.92 Å². The second-order valence-corrected chi connectivity index (χ2v) is 6.93. The maximum atomic E-state index is 4.82. The molecule has 24 heavy (non-hydrogen) atoms. The van der Waals surface area contributed by atoms with Gasteiger partial charge in [-0.05, 0) is 59.0 Å². The zero-order chi connectivity index (χ0) is 17.9. The molecule has 0 bridgehead atoms. The molecule has 0 spiro atoms. The number of hydrogen-bond donors (Lipinski definition) is 0. The van der Waals surface area contributed by atoms with Gasteiger partial charge in [0.25, 0.3) is 0 Å². The lowest BCUT2D eigenvalue weighted by Gasteiger charge is -2.27. The van der Waals surface area contributed by atoms with Gasteiger partial charge in [0.1, 0.15) is 11.6 Å². The van der Waals surface area contributed by atoms with Crippen molar-refractivity contribution in [3.8, 4) is 0 Å². The Bertz CT molecular complexity index is 655. The quantitative estimate of drug-likeness (QED) is 0.711. The van der Waals surface area contributed by atoms with Crippen LogP contribution in [0.2, 0.25) is 0 Å². The Morgan fingerprint density at radius 3 is 2.38 bits per heavy atom. The van der Waals surface area contributed by atoms with Crippen LogP contribution in [-0.4, -0.2) is 23.1 Å². The standard InChI is InChI=1S/C21H32N3/c1-8-10-11-24(9-2)21-17(6)20(22-18(7)23-21)19-15(4)12-14(3)13-16(19)5/h12-14H,8-11H2,1-7H3. The molecule has 1 heterocycles. The van der Waals surface area contributed by atoms with Crippen molar-refractivity contribution in [2.24, 2.45) is 5.92 Å². The summed E-state index contributed by atoms with van der Waals surface area (Å²) >= 11 is 0. The molecule has 0 N–H and O–H groups in total. The van der Waals surface area contributed by atoms with Crippen LogP contribution >= 0.6 is 0 Å². The fourth-order valence-electron chi connectivity index (χ4n) is 3.62. The van der Waals surface area contributed by atoms with Gasteiger partial charge in [0.15, 0.2) is 0 Å². The van der Waals surface area contributed by atoms with Gasteiger partial charge in [0.05, 0.1) is 5.69 Å². The number of unbranched alkanes of at least 4 members (excludes halogenated alkanes) is 1. The molecule has 1 atom stereocenters. The van der Waals surface area contributed by atoms with Crippen molar-refractivity contribution in [3.63, 3.8) is 0 Å². The van der Waals surface area contributed by atoms with Crippen LogP contribution in [0.3, 0.4) is 0 Å². The average Bonchev–Trinajstić information content (AvgIpc) is 2.50. The molecule has 1 radical (unpaired) electrons. The lowest BCUT2D eigenvalue weighted by atomic mass is 9.84. The average molecular weight is 327 g/mol. The summed E-state index contributed by atoms with van der Waals surface area (Å²) in [6.45, 7) is 17.3. The Morgan fingerprint density at radius 1 is 1.08 bits per heavy atom. The van der Waals surface area contributed by atoms with Gasteiger partial charge in [-0.1, -0.05) is 31.9 Å². The van der Waals surface area contributed by atoms with E-state index < -0.39 is 0 Å². The highest BCUT2D eigenvalue weighted by Crippen LogP contribution is 2.36. The molecule has 1 aliphatic rings. The minimum Gasteiger partial charge on any atom is -0.357 e. The maximum Gasteiger partial charge on any atom is 0.135 e. The van der Waals surface area contributed by atoms with Crippen LogP contribution in [0.25, 0.3) is 5.57 Å². The summed E-state index contributed by atoms with van der Waals surface area (Å²) in [5.74, 6) is 2.44. The highest BCUT2D eigenvalue weighted by Gasteiger charge is 2.22. The number of anilines is 1. The second kappa shape index (κ2) is 7.96. The monoisotopic (exact) mass is 326 g/mol. The molecule has 0 amide bonds. The van der Waals surface area contributed by atoms with Crippen LogP contribution in [0.4, 0.5) is 5.82 Å². The van der Waals surface area contributed by atoms with Gasteiger partial charge in [0.2, 0.25) is 0 Å². The molecule has 2 rings (SSSR count). The normalized spacial score (nSPS) is 18.0. The Morgan fingerprint density at radius 2 is 1.79 bits per heavy atom. The summed E-state index contributed by atoms with van der Waals surface area (Å²) in [4.78, 5) is 12.0. The Balaban J connectivity index is 2.53. The molecular weight excluding hydrogens is 294 g/mol. The second-order valence-electron chi connectivity index (χ2n) is 6.93. The molecule has 3 heteroatoms. The summed E-state index contributed by atoms with van der Waals surface area (Å²) < 4.78 is 0. The molecule has 1 aromatic heterocycles. The van der Waals surface area contributed by atoms with E-state index in [9.17, 15) is 0 Å². The van der Waals surface area contributed by atoms with Crippen molar-refractivity contribution >= 4 is 11.4 Å². The number of nitrogens with zero attached hydrogens (tertiary/aromatic N) is 3. The minimum atomic E-state index is 0.494. The van der Waals surface area contributed by atoms with E-state index in [2.05, 4.69) is 58.9 Å². The van der Waals surface area contributed by atoms with Crippen molar-refractivity contribution in [3.05, 3.63) is 40.7 Å². The highest BCUT2D eigenvalue weighted by atomic mass is 15.2. The molecular formula is C21H32N3. The van der Waals surface area contributed by atoms with Crippen molar-refractivity contribution in [1.29, 1.82) is 0 Å². The minimum absolute atomic E-state index is 0.494. The maximum absolute atomic E-state index is 4.82. The summed E-state index contributed by atoms with van der Waals surface area (Å²) in [7, 11) is 0. The number of hydrogen-bond acceptors (Lipinski definition) is 3. The first kappa shape index (κ1) is 18.7. The van der Waals surface area contributed by atoms with E-state index in [1.165, 1.54) is 35.1 Å².